The summed E-state index contributed by atoms with van der Waals surface area (Å²) in [7, 11) is 0. The summed E-state index contributed by atoms with van der Waals surface area (Å²) < 4.78 is 11.2. The van der Waals surface area contributed by atoms with Gasteiger partial charge in [0.2, 0.25) is 0 Å². The molecule has 1 aromatic rings. The maximum atomic E-state index is 12.7. The van der Waals surface area contributed by atoms with Gasteiger partial charge in [0.25, 0.3) is 0 Å². The molecule has 5 heteroatoms. The van der Waals surface area contributed by atoms with E-state index in [4.69, 9.17) is 9.47 Å². The average Bonchev–Trinajstić information content (AvgIpc) is 2.93. The third-order valence-corrected chi connectivity index (χ3v) is 5.91. The Kier molecular flexibility index (Phi) is 5.56. The molecule has 3 rings (SSSR count). The number of esters is 1. The van der Waals surface area contributed by atoms with E-state index in [1.165, 1.54) is 0 Å². The summed E-state index contributed by atoms with van der Waals surface area (Å²) in [5.41, 5.74) is -0.575. The zero-order valence-electron chi connectivity index (χ0n) is 15.3. The molecule has 26 heavy (non-hydrogen) atoms. The van der Waals surface area contributed by atoms with Gasteiger partial charge in [0.1, 0.15) is 11.6 Å². The maximum Gasteiger partial charge on any atom is 0.314 e. The number of hydrogen-bond donors (Lipinski definition) is 0. The maximum absolute atomic E-state index is 12.7. The van der Waals surface area contributed by atoms with E-state index in [0.29, 0.717) is 51.7 Å². The Bertz CT molecular complexity index is 653. The molecule has 1 spiro atoms. The molecule has 0 bridgehead atoms. The van der Waals surface area contributed by atoms with E-state index < -0.39 is 10.8 Å². The van der Waals surface area contributed by atoms with Crippen LogP contribution in [0.5, 0.6) is 0 Å². The van der Waals surface area contributed by atoms with Crippen molar-refractivity contribution in [1.82, 2.24) is 0 Å². The fourth-order valence-corrected chi connectivity index (χ4v) is 4.20. The minimum absolute atomic E-state index is 0.0464. The van der Waals surface area contributed by atoms with Crippen molar-refractivity contribution in [3.63, 3.8) is 0 Å². The minimum atomic E-state index is -0.852. The molecule has 1 aromatic carbocycles. The highest BCUT2D eigenvalue weighted by Crippen LogP contribution is 2.51. The number of ketones is 2. The molecule has 2 fully saturated rings. The van der Waals surface area contributed by atoms with Crippen LogP contribution in [0, 0.1) is 10.8 Å². The Morgan fingerprint density at radius 2 is 1.62 bits per heavy atom. The second kappa shape index (κ2) is 7.70. The number of carbonyl (C=O) groups excluding carboxylic acids is 3. The predicted molar refractivity (Wildman–Crippen MR) is 95.3 cm³/mol. The van der Waals surface area contributed by atoms with Crippen LogP contribution in [0.25, 0.3) is 0 Å². The number of ether oxygens (including phenoxy) is 2. The van der Waals surface area contributed by atoms with E-state index >= 15 is 0 Å². The molecule has 0 heterocycles. The number of carbonyl (C=O) groups is 3. The summed E-state index contributed by atoms with van der Waals surface area (Å²) in [5.74, 6) is -0.184. The van der Waals surface area contributed by atoms with Gasteiger partial charge in [0.15, 0.2) is 0 Å². The summed E-state index contributed by atoms with van der Waals surface area (Å²) >= 11 is 0. The first-order chi connectivity index (χ1) is 12.5. The summed E-state index contributed by atoms with van der Waals surface area (Å²) in [5, 5.41) is 0. The lowest BCUT2D eigenvalue weighted by atomic mass is 9.62. The van der Waals surface area contributed by atoms with Crippen LogP contribution in [0.1, 0.15) is 51.0 Å². The number of hydrogen-bond acceptors (Lipinski definition) is 5. The molecule has 0 saturated heterocycles. The zero-order valence-corrected chi connectivity index (χ0v) is 15.3. The molecule has 0 aromatic heterocycles. The van der Waals surface area contributed by atoms with E-state index in [9.17, 15) is 14.4 Å². The predicted octanol–water partition coefficient (Wildman–Crippen LogP) is 3.25. The van der Waals surface area contributed by atoms with Crippen molar-refractivity contribution in [3.8, 4) is 0 Å². The van der Waals surface area contributed by atoms with Gasteiger partial charge < -0.3 is 9.47 Å². The summed E-state index contributed by atoms with van der Waals surface area (Å²) in [6.07, 6.45) is 2.46. The van der Waals surface area contributed by atoms with Crippen molar-refractivity contribution in [2.24, 2.45) is 10.8 Å². The monoisotopic (exact) mass is 358 g/mol. The third kappa shape index (κ3) is 3.45. The van der Waals surface area contributed by atoms with Crippen molar-refractivity contribution >= 4 is 17.5 Å². The molecule has 0 unspecified atom stereocenters. The Hall–Kier alpha value is -2.01. The Morgan fingerprint density at radius 1 is 1.00 bits per heavy atom. The second-order valence-corrected chi connectivity index (χ2v) is 7.41. The first-order valence-corrected chi connectivity index (χ1v) is 9.38. The normalized spacial score (nSPS) is 21.1. The van der Waals surface area contributed by atoms with Gasteiger partial charge in [-0.3, -0.25) is 14.4 Å². The topological polar surface area (TPSA) is 69.7 Å². The van der Waals surface area contributed by atoms with Crippen LogP contribution in [0.3, 0.4) is 0 Å². The van der Waals surface area contributed by atoms with Crippen molar-refractivity contribution in [2.75, 3.05) is 13.2 Å². The fraction of sp³-hybridized carbons (Fsp3) is 0.571. The summed E-state index contributed by atoms with van der Waals surface area (Å²) in [4.78, 5) is 37.3. The molecule has 5 nitrogen and oxygen atoms in total. The molecular weight excluding hydrogens is 332 g/mol. The van der Waals surface area contributed by atoms with Gasteiger partial charge in [0, 0.05) is 12.8 Å². The van der Waals surface area contributed by atoms with Crippen LogP contribution in [-0.4, -0.2) is 30.7 Å². The van der Waals surface area contributed by atoms with Gasteiger partial charge in [-0.25, -0.2) is 0 Å². The van der Waals surface area contributed by atoms with E-state index in [1.807, 2.05) is 30.3 Å². The first-order valence-electron chi connectivity index (χ1n) is 9.38. The molecule has 140 valence electrons. The molecule has 2 aliphatic rings. The molecule has 0 aliphatic heterocycles. The largest absolute Gasteiger partial charge is 0.465 e. The Labute approximate surface area is 154 Å². The molecule has 0 atom stereocenters. The Balaban J connectivity index is 1.69. The molecule has 0 N–H and O–H groups in total. The van der Waals surface area contributed by atoms with Crippen molar-refractivity contribution in [1.29, 1.82) is 0 Å². The lowest BCUT2D eigenvalue weighted by Crippen LogP contribution is -2.47. The fourth-order valence-electron chi connectivity index (χ4n) is 4.20. The van der Waals surface area contributed by atoms with E-state index in [2.05, 4.69) is 0 Å². The summed E-state index contributed by atoms with van der Waals surface area (Å²) in [6, 6.07) is 9.79. The number of Topliss-reactive ketones (excluding diaryl/α,β-unsaturated/α-hetero) is 2. The number of benzene rings is 1. The standard InChI is InChI=1S/C21H26O5/c1-2-26-19(24)20(15-25-14-16-6-4-3-5-7-16)10-12-21(13-11-20)17(22)8-9-18(21)23/h3-7H,2,8-15H2,1H3. The van der Waals surface area contributed by atoms with Crippen molar-refractivity contribution < 1.29 is 23.9 Å². The highest BCUT2D eigenvalue weighted by atomic mass is 16.5. The van der Waals surface area contributed by atoms with Crippen LogP contribution in [-0.2, 0) is 30.5 Å². The third-order valence-electron chi connectivity index (χ3n) is 5.91. The van der Waals surface area contributed by atoms with Crippen LogP contribution in [0.2, 0.25) is 0 Å². The Morgan fingerprint density at radius 3 is 2.19 bits per heavy atom. The lowest BCUT2D eigenvalue weighted by molar-refractivity contribution is -0.167. The molecule has 2 saturated carbocycles. The van der Waals surface area contributed by atoms with Crippen LogP contribution in [0.15, 0.2) is 30.3 Å². The molecule has 0 radical (unpaired) electrons. The number of rotatable bonds is 6. The van der Waals surface area contributed by atoms with Crippen LogP contribution >= 0.6 is 0 Å². The molecule has 0 amide bonds. The highest BCUT2D eigenvalue weighted by molar-refractivity contribution is 6.13. The van der Waals surface area contributed by atoms with E-state index in [1.54, 1.807) is 6.92 Å². The van der Waals surface area contributed by atoms with E-state index in [-0.39, 0.29) is 24.1 Å². The van der Waals surface area contributed by atoms with Crippen LogP contribution in [0.4, 0.5) is 0 Å². The van der Waals surface area contributed by atoms with E-state index in [0.717, 1.165) is 5.56 Å². The van der Waals surface area contributed by atoms with Crippen molar-refractivity contribution in [2.45, 2.75) is 52.1 Å². The van der Waals surface area contributed by atoms with Gasteiger partial charge in [-0.05, 0) is 38.2 Å². The summed E-state index contributed by atoms with van der Waals surface area (Å²) in [6.45, 7) is 2.76. The van der Waals surface area contributed by atoms with Crippen molar-refractivity contribution in [3.05, 3.63) is 35.9 Å². The minimum Gasteiger partial charge on any atom is -0.465 e. The quantitative estimate of drug-likeness (QED) is 0.577. The SMILES string of the molecule is CCOC(=O)C1(COCc2ccccc2)CCC2(CC1)C(=O)CCC2=O. The lowest BCUT2D eigenvalue weighted by Gasteiger charge is -2.41. The smallest absolute Gasteiger partial charge is 0.314 e. The van der Waals surface area contributed by atoms with Gasteiger partial charge in [-0.2, -0.15) is 0 Å². The van der Waals surface area contributed by atoms with Gasteiger partial charge >= 0.3 is 5.97 Å². The van der Waals surface area contributed by atoms with Gasteiger partial charge in [0.05, 0.1) is 30.7 Å². The average molecular weight is 358 g/mol. The first kappa shape index (κ1) is 18.8. The molecular formula is C21H26O5. The molecule has 2 aliphatic carbocycles. The highest BCUT2D eigenvalue weighted by Gasteiger charge is 2.56. The second-order valence-electron chi connectivity index (χ2n) is 7.41. The van der Waals surface area contributed by atoms with Gasteiger partial charge in [-0.1, -0.05) is 30.3 Å². The zero-order chi connectivity index (χ0) is 18.6. The van der Waals surface area contributed by atoms with Gasteiger partial charge in [-0.15, -0.1) is 0 Å². The van der Waals surface area contributed by atoms with Crippen LogP contribution < -0.4 is 0 Å².